The van der Waals surface area contributed by atoms with Crippen LogP contribution in [0.1, 0.15) is 67.2 Å². The number of hydrogen-bond donors (Lipinski definition) is 1. The van der Waals surface area contributed by atoms with Crippen molar-refractivity contribution in [3.63, 3.8) is 0 Å². The van der Waals surface area contributed by atoms with Crippen molar-refractivity contribution in [1.82, 2.24) is 0 Å². The molecule has 18 heavy (non-hydrogen) atoms. The molecule has 0 spiro atoms. The Labute approximate surface area is 111 Å². The predicted molar refractivity (Wildman–Crippen MR) is 71.3 cm³/mol. The standard InChI is InChI=1S/C14H28O4/c1-7-14(5,6)18-17-11(12(15)16)9-8-10-13(2,3)4/h11H,7-10H2,1-6H3,(H,15,16). The fourth-order valence-corrected chi connectivity index (χ4v) is 1.28. The van der Waals surface area contributed by atoms with Gasteiger partial charge < -0.3 is 5.11 Å². The smallest absolute Gasteiger partial charge is 0.336 e. The molecule has 1 N–H and O–H groups in total. The van der Waals surface area contributed by atoms with Crippen LogP contribution in [0.15, 0.2) is 0 Å². The van der Waals surface area contributed by atoms with Gasteiger partial charge in [0, 0.05) is 0 Å². The molecule has 0 bridgehead atoms. The average molecular weight is 260 g/mol. The van der Waals surface area contributed by atoms with E-state index in [1.165, 1.54) is 0 Å². The van der Waals surface area contributed by atoms with E-state index in [1.54, 1.807) is 0 Å². The molecule has 0 fully saturated rings. The molecule has 0 aliphatic heterocycles. The Hall–Kier alpha value is -0.610. The third-order valence-corrected chi connectivity index (χ3v) is 2.91. The highest BCUT2D eigenvalue weighted by Gasteiger charge is 2.25. The maximum Gasteiger partial charge on any atom is 0.336 e. The van der Waals surface area contributed by atoms with Crippen LogP contribution in [-0.4, -0.2) is 22.8 Å². The molecule has 0 aromatic rings. The van der Waals surface area contributed by atoms with E-state index in [2.05, 4.69) is 20.8 Å². The number of carboxylic acids is 1. The lowest BCUT2D eigenvalue weighted by molar-refractivity contribution is -0.373. The van der Waals surface area contributed by atoms with Crippen LogP contribution in [0.2, 0.25) is 0 Å². The number of carbonyl (C=O) groups is 1. The molecule has 0 aromatic heterocycles. The second-order valence-electron chi connectivity index (χ2n) is 6.57. The molecule has 0 saturated carbocycles. The summed E-state index contributed by atoms with van der Waals surface area (Å²) in [5.41, 5.74) is -0.232. The van der Waals surface area contributed by atoms with Gasteiger partial charge in [0.2, 0.25) is 0 Å². The molecule has 108 valence electrons. The fraction of sp³-hybridized carbons (Fsp3) is 0.929. The monoisotopic (exact) mass is 260 g/mol. The largest absolute Gasteiger partial charge is 0.479 e. The maximum atomic E-state index is 11.1. The molecule has 0 aliphatic carbocycles. The normalized spacial score (nSPS) is 14.6. The van der Waals surface area contributed by atoms with Crippen LogP contribution in [-0.2, 0) is 14.6 Å². The molecule has 0 aliphatic rings. The number of aliphatic carboxylic acids is 1. The van der Waals surface area contributed by atoms with E-state index in [-0.39, 0.29) is 5.41 Å². The first-order valence-electron chi connectivity index (χ1n) is 6.65. The summed E-state index contributed by atoms with van der Waals surface area (Å²) in [7, 11) is 0. The van der Waals surface area contributed by atoms with Crippen LogP contribution in [0.4, 0.5) is 0 Å². The van der Waals surface area contributed by atoms with Crippen LogP contribution in [0.25, 0.3) is 0 Å². The van der Waals surface area contributed by atoms with Gasteiger partial charge in [-0.2, -0.15) is 0 Å². The first kappa shape index (κ1) is 17.4. The summed E-state index contributed by atoms with van der Waals surface area (Å²) >= 11 is 0. The summed E-state index contributed by atoms with van der Waals surface area (Å²) in [6, 6.07) is 0. The molecule has 1 atom stereocenters. The second kappa shape index (κ2) is 7.10. The topological polar surface area (TPSA) is 55.8 Å². The summed E-state index contributed by atoms with van der Waals surface area (Å²) in [5.74, 6) is -0.962. The highest BCUT2D eigenvalue weighted by atomic mass is 17.2. The third-order valence-electron chi connectivity index (χ3n) is 2.91. The summed E-state index contributed by atoms with van der Waals surface area (Å²) in [6.45, 7) is 12.1. The molecular formula is C14H28O4. The van der Waals surface area contributed by atoms with Crippen LogP contribution >= 0.6 is 0 Å². The number of carboxylic acid groups (broad SMARTS) is 1. The lowest BCUT2D eigenvalue weighted by Crippen LogP contribution is -2.31. The molecule has 0 heterocycles. The first-order valence-corrected chi connectivity index (χ1v) is 6.65. The number of rotatable bonds is 8. The Morgan fingerprint density at radius 1 is 1.22 bits per heavy atom. The predicted octanol–water partition coefficient (Wildman–Crippen LogP) is 3.79. The van der Waals surface area contributed by atoms with E-state index in [1.807, 2.05) is 20.8 Å². The van der Waals surface area contributed by atoms with Gasteiger partial charge in [-0.25, -0.2) is 14.6 Å². The van der Waals surface area contributed by atoms with Crippen molar-refractivity contribution < 1.29 is 19.7 Å². The molecule has 1 unspecified atom stereocenters. The zero-order valence-corrected chi connectivity index (χ0v) is 12.6. The van der Waals surface area contributed by atoms with Crippen molar-refractivity contribution in [3.05, 3.63) is 0 Å². The van der Waals surface area contributed by atoms with Gasteiger partial charge in [0.05, 0.1) is 5.60 Å². The van der Waals surface area contributed by atoms with Crippen molar-refractivity contribution >= 4 is 5.97 Å². The molecule has 4 nitrogen and oxygen atoms in total. The lowest BCUT2D eigenvalue weighted by atomic mass is 9.89. The van der Waals surface area contributed by atoms with Gasteiger partial charge in [0.25, 0.3) is 0 Å². The third kappa shape index (κ3) is 8.48. The zero-order chi connectivity index (χ0) is 14.4. The lowest BCUT2D eigenvalue weighted by Gasteiger charge is -2.24. The second-order valence-corrected chi connectivity index (χ2v) is 6.57. The van der Waals surface area contributed by atoms with Crippen LogP contribution < -0.4 is 0 Å². The maximum absolute atomic E-state index is 11.1. The van der Waals surface area contributed by atoms with Crippen LogP contribution in [0.3, 0.4) is 0 Å². The highest BCUT2D eigenvalue weighted by Crippen LogP contribution is 2.23. The molecule has 0 amide bonds. The summed E-state index contributed by atoms with van der Waals surface area (Å²) < 4.78 is 0. The Morgan fingerprint density at radius 3 is 2.17 bits per heavy atom. The van der Waals surface area contributed by atoms with Crippen molar-refractivity contribution in [2.75, 3.05) is 0 Å². The van der Waals surface area contributed by atoms with Gasteiger partial charge in [-0.3, -0.25) is 0 Å². The first-order chi connectivity index (χ1) is 8.07. The highest BCUT2D eigenvalue weighted by molar-refractivity contribution is 5.72. The van der Waals surface area contributed by atoms with Gasteiger partial charge in [-0.1, -0.05) is 27.7 Å². The van der Waals surface area contributed by atoms with Crippen LogP contribution in [0.5, 0.6) is 0 Å². The minimum atomic E-state index is -0.962. The van der Waals surface area contributed by atoms with E-state index < -0.39 is 17.7 Å². The molecule has 0 rings (SSSR count). The quantitative estimate of drug-likeness (QED) is 0.533. The van der Waals surface area contributed by atoms with Gasteiger partial charge in [-0.15, -0.1) is 0 Å². The van der Waals surface area contributed by atoms with Crippen molar-refractivity contribution in [2.45, 2.75) is 78.9 Å². The molecular weight excluding hydrogens is 232 g/mol. The zero-order valence-electron chi connectivity index (χ0n) is 12.6. The van der Waals surface area contributed by atoms with E-state index >= 15 is 0 Å². The van der Waals surface area contributed by atoms with E-state index in [9.17, 15) is 4.79 Å². The summed E-state index contributed by atoms with van der Waals surface area (Å²) in [6.07, 6.45) is 2.15. The van der Waals surface area contributed by atoms with Crippen LogP contribution in [0, 0.1) is 5.41 Å². The summed E-state index contributed by atoms with van der Waals surface area (Å²) in [4.78, 5) is 21.3. The van der Waals surface area contributed by atoms with E-state index in [4.69, 9.17) is 14.9 Å². The van der Waals surface area contributed by atoms with E-state index in [0.717, 1.165) is 19.3 Å². The van der Waals surface area contributed by atoms with E-state index in [0.29, 0.717) is 6.42 Å². The van der Waals surface area contributed by atoms with Gasteiger partial charge in [0.1, 0.15) is 0 Å². The molecule has 4 heteroatoms. The molecule has 0 saturated heterocycles. The minimum Gasteiger partial charge on any atom is -0.479 e. The van der Waals surface area contributed by atoms with Crippen molar-refractivity contribution in [3.8, 4) is 0 Å². The van der Waals surface area contributed by atoms with Gasteiger partial charge in [-0.05, 0) is 44.9 Å². The average Bonchev–Trinajstić information content (AvgIpc) is 2.21. The fourth-order valence-electron chi connectivity index (χ4n) is 1.28. The van der Waals surface area contributed by atoms with Gasteiger partial charge >= 0.3 is 5.97 Å². The summed E-state index contributed by atoms with van der Waals surface area (Å²) in [5, 5.41) is 9.07. The Bertz CT molecular complexity index is 253. The molecule has 0 aromatic carbocycles. The van der Waals surface area contributed by atoms with Crippen molar-refractivity contribution in [1.29, 1.82) is 0 Å². The van der Waals surface area contributed by atoms with Gasteiger partial charge in [0.15, 0.2) is 6.10 Å². The Balaban J connectivity index is 4.13. The number of hydrogen-bond acceptors (Lipinski definition) is 3. The SMILES string of the molecule is CCC(C)(C)OOC(CCCC(C)(C)C)C(=O)O. The Morgan fingerprint density at radius 2 is 1.78 bits per heavy atom. The van der Waals surface area contributed by atoms with Crippen molar-refractivity contribution in [2.24, 2.45) is 5.41 Å². The Kier molecular flexibility index (Phi) is 6.86. The molecule has 0 radical (unpaired) electrons. The minimum absolute atomic E-state index is 0.215.